The zero-order valence-corrected chi connectivity index (χ0v) is 11.5. The van der Waals surface area contributed by atoms with Crippen LogP contribution in [-0.4, -0.2) is 24.1 Å². The summed E-state index contributed by atoms with van der Waals surface area (Å²) in [4.78, 5) is 0. The highest BCUT2D eigenvalue weighted by molar-refractivity contribution is 7.99. The van der Waals surface area contributed by atoms with Crippen molar-refractivity contribution in [2.45, 2.75) is 58.9 Å². The molecule has 0 aromatic carbocycles. The molecule has 0 radical (unpaired) electrons. The van der Waals surface area contributed by atoms with Crippen molar-refractivity contribution in [2.75, 3.05) is 18.1 Å². The number of hydrogen-bond donors (Lipinski definition) is 1. The van der Waals surface area contributed by atoms with Gasteiger partial charge in [-0.3, -0.25) is 0 Å². The standard InChI is InChI=1S/C13H27NS/c1-4-13(3,9-6-10-15-5-2)11-14-12-7-8-12/h12,14H,4-11H2,1-3H3. The van der Waals surface area contributed by atoms with E-state index < -0.39 is 0 Å². The first-order valence-electron chi connectivity index (χ1n) is 6.51. The molecule has 1 N–H and O–H groups in total. The fourth-order valence-corrected chi connectivity index (χ4v) is 2.45. The average Bonchev–Trinajstić information content (AvgIpc) is 3.06. The molecule has 0 heterocycles. The van der Waals surface area contributed by atoms with Crippen LogP contribution < -0.4 is 5.32 Å². The molecule has 1 atom stereocenters. The summed E-state index contributed by atoms with van der Waals surface area (Å²) in [6.07, 6.45) is 6.89. The van der Waals surface area contributed by atoms with E-state index in [0.29, 0.717) is 5.41 Å². The van der Waals surface area contributed by atoms with Gasteiger partial charge in [-0.15, -0.1) is 0 Å². The molecule has 0 amide bonds. The third-order valence-corrected chi connectivity index (χ3v) is 4.51. The van der Waals surface area contributed by atoms with E-state index >= 15 is 0 Å². The molecule has 0 aliphatic heterocycles. The monoisotopic (exact) mass is 229 g/mol. The maximum Gasteiger partial charge on any atom is 0.00684 e. The summed E-state index contributed by atoms with van der Waals surface area (Å²) < 4.78 is 0. The lowest BCUT2D eigenvalue weighted by Crippen LogP contribution is -2.32. The molecule has 1 aliphatic carbocycles. The van der Waals surface area contributed by atoms with Crippen LogP contribution in [0.2, 0.25) is 0 Å². The van der Waals surface area contributed by atoms with Crippen LogP contribution in [0.15, 0.2) is 0 Å². The smallest absolute Gasteiger partial charge is 0.00684 e. The molecule has 0 saturated heterocycles. The molecule has 90 valence electrons. The first-order valence-corrected chi connectivity index (χ1v) is 7.67. The van der Waals surface area contributed by atoms with Crippen molar-refractivity contribution < 1.29 is 0 Å². The number of rotatable bonds is 9. The Hall–Kier alpha value is 0.310. The summed E-state index contributed by atoms with van der Waals surface area (Å²) in [5, 5.41) is 3.68. The van der Waals surface area contributed by atoms with Crippen molar-refractivity contribution in [3.63, 3.8) is 0 Å². The van der Waals surface area contributed by atoms with Crippen molar-refractivity contribution in [3.8, 4) is 0 Å². The van der Waals surface area contributed by atoms with Crippen molar-refractivity contribution in [2.24, 2.45) is 5.41 Å². The Labute approximate surface area is 99.8 Å². The molecule has 0 bridgehead atoms. The van der Waals surface area contributed by atoms with Gasteiger partial charge in [-0.25, -0.2) is 0 Å². The molecule has 0 aromatic heterocycles. The van der Waals surface area contributed by atoms with E-state index in [0.717, 1.165) is 6.04 Å². The van der Waals surface area contributed by atoms with Crippen molar-refractivity contribution in [1.82, 2.24) is 5.32 Å². The van der Waals surface area contributed by atoms with Crippen LogP contribution in [0, 0.1) is 5.41 Å². The minimum Gasteiger partial charge on any atom is -0.313 e. The zero-order valence-electron chi connectivity index (χ0n) is 10.6. The second-order valence-electron chi connectivity index (χ2n) is 5.12. The lowest BCUT2D eigenvalue weighted by Gasteiger charge is -2.28. The lowest BCUT2D eigenvalue weighted by molar-refractivity contribution is 0.266. The second kappa shape index (κ2) is 6.80. The number of thioether (sulfide) groups is 1. The highest BCUT2D eigenvalue weighted by Gasteiger charge is 2.26. The Morgan fingerprint density at radius 3 is 2.60 bits per heavy atom. The summed E-state index contributed by atoms with van der Waals surface area (Å²) in [6, 6.07) is 0.862. The predicted molar refractivity (Wildman–Crippen MR) is 71.7 cm³/mol. The largest absolute Gasteiger partial charge is 0.313 e. The molecule has 1 fully saturated rings. The third-order valence-electron chi connectivity index (χ3n) is 3.52. The quantitative estimate of drug-likeness (QED) is 0.605. The van der Waals surface area contributed by atoms with Gasteiger partial charge in [0.05, 0.1) is 0 Å². The van der Waals surface area contributed by atoms with E-state index in [9.17, 15) is 0 Å². The van der Waals surface area contributed by atoms with Gasteiger partial charge in [0.2, 0.25) is 0 Å². The van der Waals surface area contributed by atoms with E-state index in [2.05, 4.69) is 37.8 Å². The van der Waals surface area contributed by atoms with E-state index in [-0.39, 0.29) is 0 Å². The number of nitrogens with one attached hydrogen (secondary N) is 1. The van der Waals surface area contributed by atoms with Crippen molar-refractivity contribution in [1.29, 1.82) is 0 Å². The Bertz CT molecular complexity index is 168. The van der Waals surface area contributed by atoms with Gasteiger partial charge in [-0.2, -0.15) is 11.8 Å². The molecule has 2 heteroatoms. The SMILES string of the molecule is CCSCCCC(C)(CC)CNC1CC1. The topological polar surface area (TPSA) is 12.0 Å². The Morgan fingerprint density at radius 1 is 1.33 bits per heavy atom. The van der Waals surface area contributed by atoms with E-state index in [1.165, 1.54) is 50.2 Å². The summed E-state index contributed by atoms with van der Waals surface area (Å²) in [7, 11) is 0. The maximum absolute atomic E-state index is 3.68. The molecular weight excluding hydrogens is 202 g/mol. The van der Waals surface area contributed by atoms with Gasteiger partial charge in [0.1, 0.15) is 0 Å². The molecular formula is C13H27NS. The molecule has 15 heavy (non-hydrogen) atoms. The van der Waals surface area contributed by atoms with Gasteiger partial charge in [-0.05, 0) is 49.0 Å². The molecule has 0 spiro atoms. The van der Waals surface area contributed by atoms with Crippen LogP contribution in [0.3, 0.4) is 0 Å². The second-order valence-corrected chi connectivity index (χ2v) is 6.51. The summed E-state index contributed by atoms with van der Waals surface area (Å²) in [5.74, 6) is 2.61. The van der Waals surface area contributed by atoms with E-state index in [1.54, 1.807) is 0 Å². The van der Waals surface area contributed by atoms with Crippen LogP contribution in [0.4, 0.5) is 0 Å². The highest BCUT2D eigenvalue weighted by Crippen LogP contribution is 2.29. The summed E-state index contributed by atoms with van der Waals surface area (Å²) >= 11 is 2.08. The van der Waals surface area contributed by atoms with Crippen LogP contribution in [0.5, 0.6) is 0 Å². The first kappa shape index (κ1) is 13.4. The molecule has 0 aromatic rings. The highest BCUT2D eigenvalue weighted by atomic mass is 32.2. The fourth-order valence-electron chi connectivity index (χ4n) is 1.81. The van der Waals surface area contributed by atoms with Gasteiger partial charge in [0.15, 0.2) is 0 Å². The Balaban J connectivity index is 2.11. The van der Waals surface area contributed by atoms with Crippen LogP contribution >= 0.6 is 11.8 Å². The van der Waals surface area contributed by atoms with Gasteiger partial charge < -0.3 is 5.32 Å². The summed E-state index contributed by atoms with van der Waals surface area (Å²) in [6.45, 7) is 8.25. The Morgan fingerprint density at radius 2 is 2.07 bits per heavy atom. The molecule has 1 rings (SSSR count). The zero-order chi connectivity index (χ0) is 11.1. The van der Waals surface area contributed by atoms with Crippen molar-refractivity contribution in [3.05, 3.63) is 0 Å². The van der Waals surface area contributed by atoms with Gasteiger partial charge in [0.25, 0.3) is 0 Å². The Kier molecular flexibility index (Phi) is 6.06. The minimum absolute atomic E-state index is 0.539. The van der Waals surface area contributed by atoms with Gasteiger partial charge >= 0.3 is 0 Å². The fraction of sp³-hybridized carbons (Fsp3) is 1.00. The predicted octanol–water partition coefficient (Wildman–Crippen LogP) is 3.69. The molecule has 1 nitrogen and oxygen atoms in total. The molecule has 1 saturated carbocycles. The lowest BCUT2D eigenvalue weighted by atomic mass is 9.83. The normalized spacial score (nSPS) is 20.2. The minimum atomic E-state index is 0.539. The maximum atomic E-state index is 3.68. The van der Waals surface area contributed by atoms with Crippen LogP contribution in [0.1, 0.15) is 52.9 Å². The first-order chi connectivity index (χ1) is 7.20. The van der Waals surface area contributed by atoms with Crippen LogP contribution in [0.25, 0.3) is 0 Å². The third kappa shape index (κ3) is 5.82. The van der Waals surface area contributed by atoms with E-state index in [4.69, 9.17) is 0 Å². The van der Waals surface area contributed by atoms with Crippen LogP contribution in [-0.2, 0) is 0 Å². The average molecular weight is 229 g/mol. The molecule has 1 aliphatic rings. The number of hydrogen-bond acceptors (Lipinski definition) is 2. The van der Waals surface area contributed by atoms with Gasteiger partial charge in [0, 0.05) is 12.6 Å². The van der Waals surface area contributed by atoms with E-state index in [1.807, 2.05) is 0 Å². The summed E-state index contributed by atoms with van der Waals surface area (Å²) in [5.41, 5.74) is 0.539. The van der Waals surface area contributed by atoms with Crippen molar-refractivity contribution >= 4 is 11.8 Å². The molecule has 1 unspecified atom stereocenters. The van der Waals surface area contributed by atoms with Gasteiger partial charge in [-0.1, -0.05) is 20.8 Å².